The third kappa shape index (κ3) is 6.30. The number of halogens is 1. The molecular formula is C14H21FN2O4S. The summed E-state index contributed by atoms with van der Waals surface area (Å²) in [5.41, 5.74) is 0. The van der Waals surface area contributed by atoms with Gasteiger partial charge in [-0.05, 0) is 30.7 Å². The van der Waals surface area contributed by atoms with Crippen LogP contribution in [0.15, 0.2) is 29.2 Å². The summed E-state index contributed by atoms with van der Waals surface area (Å²) in [6.45, 7) is 1.74. The summed E-state index contributed by atoms with van der Waals surface area (Å²) in [5.74, 6) is 0.362. The van der Waals surface area contributed by atoms with Gasteiger partial charge in [0, 0.05) is 6.54 Å². The second-order valence-corrected chi connectivity index (χ2v) is 6.26. The van der Waals surface area contributed by atoms with Crippen LogP contribution in [-0.4, -0.2) is 34.3 Å². The van der Waals surface area contributed by atoms with E-state index in [4.69, 9.17) is 4.74 Å². The van der Waals surface area contributed by atoms with Gasteiger partial charge >= 0.3 is 6.03 Å². The normalized spacial score (nSPS) is 11.0. The highest BCUT2D eigenvalue weighted by atomic mass is 32.2. The van der Waals surface area contributed by atoms with Crippen molar-refractivity contribution in [1.82, 2.24) is 10.0 Å². The van der Waals surface area contributed by atoms with Crippen molar-refractivity contribution in [3.8, 4) is 5.75 Å². The van der Waals surface area contributed by atoms with Gasteiger partial charge in [-0.1, -0.05) is 19.8 Å². The van der Waals surface area contributed by atoms with E-state index in [1.165, 1.54) is 24.3 Å². The summed E-state index contributed by atoms with van der Waals surface area (Å²) in [4.78, 5) is 11.5. The number of alkyl halides is 1. The average Bonchev–Trinajstić information content (AvgIpc) is 2.49. The Morgan fingerprint density at radius 1 is 1.23 bits per heavy atom. The molecule has 0 unspecified atom stereocenters. The van der Waals surface area contributed by atoms with Crippen molar-refractivity contribution < 1.29 is 22.3 Å². The summed E-state index contributed by atoms with van der Waals surface area (Å²) >= 11 is 0. The number of sulfonamides is 1. The van der Waals surface area contributed by atoms with Gasteiger partial charge in [0.05, 0.1) is 4.90 Å². The zero-order valence-electron chi connectivity index (χ0n) is 12.5. The fourth-order valence-electron chi connectivity index (χ4n) is 1.67. The van der Waals surface area contributed by atoms with Crippen molar-refractivity contribution in [3.63, 3.8) is 0 Å². The zero-order valence-corrected chi connectivity index (χ0v) is 13.3. The number of urea groups is 1. The fraction of sp³-hybridized carbons (Fsp3) is 0.500. The Labute approximate surface area is 130 Å². The van der Waals surface area contributed by atoms with Crippen LogP contribution in [0.25, 0.3) is 0 Å². The number of hydrogen-bond acceptors (Lipinski definition) is 4. The van der Waals surface area contributed by atoms with Gasteiger partial charge in [0.2, 0.25) is 0 Å². The maximum Gasteiger partial charge on any atom is 0.328 e. The fourth-order valence-corrected chi connectivity index (χ4v) is 2.59. The predicted octanol–water partition coefficient (Wildman–Crippen LogP) is 2.21. The molecule has 1 rings (SSSR count). The Hall–Kier alpha value is -1.83. The molecule has 0 radical (unpaired) electrons. The second kappa shape index (κ2) is 9.24. The smallest absolute Gasteiger partial charge is 0.328 e. The van der Waals surface area contributed by atoms with Gasteiger partial charge in [-0.2, -0.15) is 0 Å². The molecule has 124 valence electrons. The van der Waals surface area contributed by atoms with Gasteiger partial charge in [0.15, 0.2) is 0 Å². The van der Waals surface area contributed by atoms with Crippen molar-refractivity contribution >= 4 is 16.1 Å². The number of amides is 2. The lowest BCUT2D eigenvalue weighted by molar-refractivity contribution is 0.245. The number of unbranched alkanes of at least 4 members (excludes halogenated alkanes) is 2. The molecule has 0 aromatic heterocycles. The molecule has 0 bridgehead atoms. The van der Waals surface area contributed by atoms with Crippen LogP contribution >= 0.6 is 0 Å². The van der Waals surface area contributed by atoms with E-state index in [1.54, 1.807) is 0 Å². The van der Waals surface area contributed by atoms with Crippen molar-refractivity contribution in [3.05, 3.63) is 24.3 Å². The molecule has 0 heterocycles. The Morgan fingerprint density at radius 2 is 1.91 bits per heavy atom. The molecule has 1 aromatic rings. The highest BCUT2D eigenvalue weighted by Gasteiger charge is 2.17. The molecule has 0 saturated heterocycles. The molecule has 2 N–H and O–H groups in total. The first kappa shape index (κ1) is 18.2. The lowest BCUT2D eigenvalue weighted by Gasteiger charge is -2.09. The van der Waals surface area contributed by atoms with Crippen LogP contribution in [0.2, 0.25) is 0 Å². The minimum Gasteiger partial charge on any atom is -0.491 e. The van der Waals surface area contributed by atoms with Crippen LogP contribution < -0.4 is 14.8 Å². The lowest BCUT2D eigenvalue weighted by atomic mass is 10.2. The molecule has 0 aliphatic carbocycles. The standard InChI is InChI=1S/C14H21FN2O4S/c1-2-3-4-10-16-14(18)17-22(19,20)13-7-5-12(6-8-13)21-11-9-15/h5-8H,2-4,9-11H2,1H3,(H2,16,17,18). The van der Waals surface area contributed by atoms with E-state index in [9.17, 15) is 17.6 Å². The summed E-state index contributed by atoms with van der Waals surface area (Å²) < 4.78 is 42.9. The van der Waals surface area contributed by atoms with Gasteiger partial charge in [0.1, 0.15) is 19.0 Å². The number of rotatable bonds is 9. The van der Waals surface area contributed by atoms with Gasteiger partial charge < -0.3 is 10.1 Å². The largest absolute Gasteiger partial charge is 0.491 e. The molecular weight excluding hydrogens is 311 g/mol. The molecule has 0 spiro atoms. The molecule has 0 atom stereocenters. The number of carbonyl (C=O) groups excluding carboxylic acids is 1. The topological polar surface area (TPSA) is 84.5 Å². The van der Waals surface area contributed by atoms with Gasteiger partial charge in [-0.15, -0.1) is 0 Å². The summed E-state index contributed by atoms with van der Waals surface area (Å²) in [6.07, 6.45) is 2.77. The first-order chi connectivity index (χ1) is 10.5. The number of benzene rings is 1. The molecule has 0 fully saturated rings. The molecule has 0 saturated carbocycles. The monoisotopic (exact) mass is 332 g/mol. The van der Waals surface area contributed by atoms with Crippen LogP contribution in [0.3, 0.4) is 0 Å². The minimum atomic E-state index is -3.93. The van der Waals surface area contributed by atoms with E-state index in [0.29, 0.717) is 12.3 Å². The third-order valence-electron chi connectivity index (χ3n) is 2.77. The van der Waals surface area contributed by atoms with E-state index in [-0.39, 0.29) is 11.5 Å². The van der Waals surface area contributed by atoms with Crippen molar-refractivity contribution in [2.45, 2.75) is 31.1 Å². The van der Waals surface area contributed by atoms with Crippen LogP contribution in [0, 0.1) is 0 Å². The van der Waals surface area contributed by atoms with Crippen LogP contribution in [0.5, 0.6) is 5.75 Å². The van der Waals surface area contributed by atoms with E-state index in [2.05, 4.69) is 5.32 Å². The SMILES string of the molecule is CCCCCNC(=O)NS(=O)(=O)c1ccc(OCCF)cc1. The average molecular weight is 332 g/mol. The van der Waals surface area contributed by atoms with Crippen LogP contribution in [0.1, 0.15) is 26.2 Å². The van der Waals surface area contributed by atoms with E-state index in [0.717, 1.165) is 19.3 Å². The Kier molecular flexibility index (Phi) is 7.65. The molecule has 22 heavy (non-hydrogen) atoms. The number of ether oxygens (including phenoxy) is 1. The summed E-state index contributed by atoms with van der Waals surface area (Å²) in [7, 11) is -3.93. The Balaban J connectivity index is 2.56. The molecule has 0 aliphatic heterocycles. The molecule has 2 amide bonds. The van der Waals surface area contributed by atoms with Gasteiger partial charge in [0.25, 0.3) is 10.0 Å². The van der Waals surface area contributed by atoms with Crippen LogP contribution in [-0.2, 0) is 10.0 Å². The van der Waals surface area contributed by atoms with Crippen molar-refractivity contribution in [1.29, 1.82) is 0 Å². The molecule has 0 aliphatic rings. The third-order valence-corrected chi connectivity index (χ3v) is 4.12. The second-order valence-electron chi connectivity index (χ2n) is 4.58. The highest BCUT2D eigenvalue weighted by Crippen LogP contribution is 2.15. The lowest BCUT2D eigenvalue weighted by Crippen LogP contribution is -2.39. The highest BCUT2D eigenvalue weighted by molar-refractivity contribution is 7.90. The van der Waals surface area contributed by atoms with Gasteiger partial charge in [-0.3, -0.25) is 0 Å². The van der Waals surface area contributed by atoms with E-state index in [1.807, 2.05) is 11.6 Å². The van der Waals surface area contributed by atoms with Crippen molar-refractivity contribution in [2.24, 2.45) is 0 Å². The first-order valence-electron chi connectivity index (χ1n) is 7.09. The minimum absolute atomic E-state index is 0.0659. The van der Waals surface area contributed by atoms with Crippen molar-refractivity contribution in [2.75, 3.05) is 19.8 Å². The predicted molar refractivity (Wildman–Crippen MR) is 81.2 cm³/mol. The molecule has 8 heteroatoms. The summed E-state index contributed by atoms with van der Waals surface area (Å²) in [6, 6.07) is 4.64. The molecule has 6 nitrogen and oxygen atoms in total. The quantitative estimate of drug-likeness (QED) is 0.679. The maximum absolute atomic E-state index is 12.0. The number of carbonyl (C=O) groups is 1. The Morgan fingerprint density at radius 3 is 2.50 bits per heavy atom. The summed E-state index contributed by atoms with van der Waals surface area (Å²) in [5, 5.41) is 2.49. The van der Waals surface area contributed by atoms with Crippen LogP contribution in [0.4, 0.5) is 9.18 Å². The number of hydrogen-bond donors (Lipinski definition) is 2. The maximum atomic E-state index is 12.0. The van der Waals surface area contributed by atoms with E-state index < -0.39 is 22.7 Å². The van der Waals surface area contributed by atoms with Gasteiger partial charge in [-0.25, -0.2) is 22.3 Å². The first-order valence-corrected chi connectivity index (χ1v) is 8.57. The van der Waals surface area contributed by atoms with E-state index >= 15 is 0 Å². The molecule has 1 aromatic carbocycles. The number of nitrogens with one attached hydrogen (secondary N) is 2. The zero-order chi connectivity index (χ0) is 16.4. The Bertz CT molecular complexity index is 561.